The van der Waals surface area contributed by atoms with E-state index < -0.39 is 30.2 Å². The van der Waals surface area contributed by atoms with Crippen molar-refractivity contribution >= 4 is 0 Å². The first kappa shape index (κ1) is 13.1. The van der Waals surface area contributed by atoms with Crippen molar-refractivity contribution in [1.29, 1.82) is 0 Å². The maximum atomic E-state index is 11.9. The lowest BCUT2D eigenvalue weighted by atomic mass is 10.3. The molecule has 0 aliphatic rings. The molecule has 0 aliphatic heterocycles. The van der Waals surface area contributed by atoms with Gasteiger partial charge in [0.1, 0.15) is 0 Å². The molecule has 0 amide bonds. The summed E-state index contributed by atoms with van der Waals surface area (Å²) < 4.78 is 103. The van der Waals surface area contributed by atoms with Crippen LogP contribution < -0.4 is 0 Å². The number of halogens is 9. The molecule has 0 N–H and O–H groups in total. The van der Waals surface area contributed by atoms with E-state index in [1.165, 1.54) is 0 Å². The minimum atomic E-state index is -5.97. The lowest BCUT2D eigenvalue weighted by molar-refractivity contribution is -0.177. The van der Waals surface area contributed by atoms with Gasteiger partial charge in [-0.1, -0.05) is 0 Å². The van der Waals surface area contributed by atoms with Gasteiger partial charge in [-0.3, -0.25) is 0 Å². The fourth-order valence-electron chi connectivity index (χ4n) is 0.390. The monoisotopic (exact) mass is 232 g/mol. The van der Waals surface area contributed by atoms with Gasteiger partial charge in [-0.15, -0.1) is 0 Å². The van der Waals surface area contributed by atoms with Gasteiger partial charge in [0.15, 0.2) is 5.83 Å². The highest BCUT2D eigenvalue weighted by Crippen LogP contribution is 2.36. The predicted octanol–water partition coefficient (Wildman–Crippen LogP) is 3.60. The van der Waals surface area contributed by atoms with E-state index in [2.05, 4.69) is 0 Å². The van der Waals surface area contributed by atoms with Crippen LogP contribution in [0.2, 0.25) is 0 Å². The molecule has 0 aromatic carbocycles. The smallest absolute Gasteiger partial charge is 0.229 e. The molecular formula is C5HF9. The molecule has 14 heavy (non-hydrogen) atoms. The maximum absolute atomic E-state index is 11.9. The van der Waals surface area contributed by atoms with Gasteiger partial charge in [-0.25, -0.2) is 8.78 Å². The van der Waals surface area contributed by atoms with Gasteiger partial charge in [0.25, 0.3) is 0 Å². The van der Waals surface area contributed by atoms with Gasteiger partial charge in [0.05, 0.1) is 0 Å². The molecule has 0 bridgehead atoms. The second kappa shape index (κ2) is 3.70. The van der Waals surface area contributed by atoms with Gasteiger partial charge in [0.2, 0.25) is 12.0 Å². The van der Waals surface area contributed by atoms with E-state index in [-0.39, 0.29) is 0 Å². The Labute approximate surface area is 71.0 Å². The van der Waals surface area contributed by atoms with Crippen LogP contribution in [0.1, 0.15) is 0 Å². The van der Waals surface area contributed by atoms with Crippen LogP contribution in [0.25, 0.3) is 0 Å². The van der Waals surface area contributed by atoms with E-state index in [0.717, 1.165) is 0 Å². The zero-order valence-electron chi connectivity index (χ0n) is 5.98. The second-order valence-corrected chi connectivity index (χ2v) is 2.06. The standard InChI is InChI=1S/C5HF9/c6-1(2(7)4(9,10)11)3(8)5(12,13)14/h2H/b3-1+. The summed E-state index contributed by atoms with van der Waals surface area (Å²) >= 11 is 0. The number of hydrogen-bond acceptors (Lipinski definition) is 0. The molecule has 0 fully saturated rings. The van der Waals surface area contributed by atoms with Gasteiger partial charge in [-0.2, -0.15) is 30.7 Å². The molecule has 9 heteroatoms. The second-order valence-electron chi connectivity index (χ2n) is 2.06. The van der Waals surface area contributed by atoms with Gasteiger partial charge >= 0.3 is 12.4 Å². The van der Waals surface area contributed by atoms with E-state index in [0.29, 0.717) is 0 Å². The highest BCUT2D eigenvalue weighted by Gasteiger charge is 2.49. The van der Waals surface area contributed by atoms with E-state index in [1.54, 1.807) is 0 Å². The fourth-order valence-corrected chi connectivity index (χ4v) is 0.390. The number of rotatable bonds is 1. The van der Waals surface area contributed by atoms with Crippen molar-refractivity contribution in [2.24, 2.45) is 0 Å². The Morgan fingerprint density at radius 3 is 1.43 bits per heavy atom. The minimum Gasteiger partial charge on any atom is -0.229 e. The quantitative estimate of drug-likeness (QED) is 0.606. The SMILES string of the molecule is F/C(=C(/F)C(F)(F)F)C(F)C(F)(F)F. The molecule has 0 saturated carbocycles. The molecule has 84 valence electrons. The highest BCUT2D eigenvalue weighted by molar-refractivity contribution is 5.11. The highest BCUT2D eigenvalue weighted by atomic mass is 19.4. The number of allylic oxidation sites excluding steroid dienone is 2. The van der Waals surface area contributed by atoms with Crippen molar-refractivity contribution in [2.75, 3.05) is 0 Å². The molecular weight excluding hydrogens is 231 g/mol. The summed E-state index contributed by atoms with van der Waals surface area (Å²) in [6, 6.07) is 0. The van der Waals surface area contributed by atoms with Crippen molar-refractivity contribution in [2.45, 2.75) is 18.5 Å². The Balaban J connectivity index is 5.03. The topological polar surface area (TPSA) is 0 Å². The summed E-state index contributed by atoms with van der Waals surface area (Å²) in [5, 5.41) is 0. The number of alkyl halides is 7. The Hall–Kier alpha value is -0.890. The van der Waals surface area contributed by atoms with Crippen LogP contribution in [0.4, 0.5) is 39.5 Å². The van der Waals surface area contributed by atoms with E-state index in [9.17, 15) is 39.5 Å². The van der Waals surface area contributed by atoms with Crippen LogP contribution in [-0.4, -0.2) is 18.5 Å². The normalized spacial score (nSPS) is 17.8. The largest absolute Gasteiger partial charge is 0.445 e. The average molecular weight is 232 g/mol. The summed E-state index contributed by atoms with van der Waals surface area (Å²) in [5.74, 6) is -7.24. The van der Waals surface area contributed by atoms with Gasteiger partial charge in [0, 0.05) is 0 Å². The third kappa shape index (κ3) is 3.11. The molecule has 0 saturated heterocycles. The predicted molar refractivity (Wildman–Crippen MR) is 26.2 cm³/mol. The minimum absolute atomic E-state index is 3.52. The molecule has 1 unspecified atom stereocenters. The lowest BCUT2D eigenvalue weighted by Gasteiger charge is -2.11. The third-order valence-corrected chi connectivity index (χ3v) is 0.968. The van der Waals surface area contributed by atoms with Gasteiger partial charge < -0.3 is 0 Å². The van der Waals surface area contributed by atoms with Crippen LogP contribution in [0.15, 0.2) is 11.7 Å². The molecule has 0 rings (SSSR count). The summed E-state index contributed by atoms with van der Waals surface area (Å²) in [5.41, 5.74) is 0. The van der Waals surface area contributed by atoms with E-state index >= 15 is 0 Å². The summed E-state index contributed by atoms with van der Waals surface area (Å²) in [6.07, 6.45) is -16.5. The molecule has 0 aromatic heterocycles. The Kier molecular flexibility index (Phi) is 3.46. The first-order chi connectivity index (χ1) is 5.98. The zero-order chi connectivity index (χ0) is 11.7. The van der Waals surface area contributed by atoms with Crippen LogP contribution in [0.3, 0.4) is 0 Å². The average Bonchev–Trinajstić information content (AvgIpc) is 1.97. The third-order valence-electron chi connectivity index (χ3n) is 0.968. The first-order valence-electron chi connectivity index (χ1n) is 2.81. The van der Waals surface area contributed by atoms with Crippen LogP contribution in [0.5, 0.6) is 0 Å². The molecule has 1 atom stereocenters. The summed E-state index contributed by atoms with van der Waals surface area (Å²) in [6.45, 7) is 0. The molecule has 0 radical (unpaired) electrons. The fraction of sp³-hybridized carbons (Fsp3) is 0.600. The summed E-state index contributed by atoms with van der Waals surface area (Å²) in [4.78, 5) is 0. The van der Waals surface area contributed by atoms with Crippen LogP contribution in [0, 0.1) is 0 Å². The Morgan fingerprint density at radius 1 is 0.857 bits per heavy atom. The maximum Gasteiger partial charge on any atom is 0.445 e. The van der Waals surface area contributed by atoms with Crippen molar-refractivity contribution in [3.63, 3.8) is 0 Å². The molecule has 0 nitrogen and oxygen atoms in total. The molecule has 0 heterocycles. The zero-order valence-corrected chi connectivity index (χ0v) is 5.98. The first-order valence-corrected chi connectivity index (χ1v) is 2.81. The van der Waals surface area contributed by atoms with Crippen molar-refractivity contribution in [3.05, 3.63) is 11.7 Å². The van der Waals surface area contributed by atoms with Crippen molar-refractivity contribution in [3.8, 4) is 0 Å². The van der Waals surface area contributed by atoms with Crippen molar-refractivity contribution < 1.29 is 39.5 Å². The van der Waals surface area contributed by atoms with Crippen LogP contribution >= 0.6 is 0 Å². The van der Waals surface area contributed by atoms with Crippen molar-refractivity contribution in [1.82, 2.24) is 0 Å². The Morgan fingerprint density at radius 2 is 1.21 bits per heavy atom. The van der Waals surface area contributed by atoms with Crippen LogP contribution in [-0.2, 0) is 0 Å². The molecule has 0 aliphatic carbocycles. The van der Waals surface area contributed by atoms with E-state index in [1.807, 2.05) is 0 Å². The lowest BCUT2D eigenvalue weighted by Crippen LogP contribution is -2.27. The van der Waals surface area contributed by atoms with Gasteiger partial charge in [-0.05, 0) is 0 Å². The van der Waals surface area contributed by atoms with E-state index in [4.69, 9.17) is 0 Å². The molecule has 0 spiro atoms. The molecule has 0 aromatic rings. The Bertz CT molecular complexity index is 231. The number of hydrogen-bond donors (Lipinski definition) is 0. The summed E-state index contributed by atoms with van der Waals surface area (Å²) in [7, 11) is 0.